The maximum atomic E-state index is 13.3. The summed E-state index contributed by atoms with van der Waals surface area (Å²) in [5.74, 6) is 1.33. The number of benzene rings is 1. The summed E-state index contributed by atoms with van der Waals surface area (Å²) in [5.41, 5.74) is 1.07. The van der Waals surface area contributed by atoms with Gasteiger partial charge in [-0.3, -0.25) is 0 Å². The Morgan fingerprint density at radius 2 is 2.06 bits per heavy atom. The molecule has 3 heteroatoms. The van der Waals surface area contributed by atoms with E-state index in [1.807, 2.05) is 6.07 Å². The highest BCUT2D eigenvalue weighted by atomic mass is 19.1. The molecule has 0 aromatic heterocycles. The predicted octanol–water partition coefficient (Wildman–Crippen LogP) is 3.75. The highest BCUT2D eigenvalue weighted by molar-refractivity contribution is 5.36. The summed E-state index contributed by atoms with van der Waals surface area (Å²) < 4.78 is 24.4. The summed E-state index contributed by atoms with van der Waals surface area (Å²) >= 11 is 0. The first-order valence-electron chi connectivity index (χ1n) is 6.67. The number of rotatable bonds is 4. The van der Waals surface area contributed by atoms with Gasteiger partial charge < -0.3 is 9.47 Å². The molecule has 0 spiro atoms. The molecule has 0 radical (unpaired) electrons. The Hall–Kier alpha value is -1.09. The van der Waals surface area contributed by atoms with Gasteiger partial charge in [-0.2, -0.15) is 0 Å². The lowest BCUT2D eigenvalue weighted by Crippen LogP contribution is -2.21. The fourth-order valence-electron chi connectivity index (χ4n) is 2.23. The molecule has 1 aliphatic rings. The van der Waals surface area contributed by atoms with Crippen molar-refractivity contribution in [1.82, 2.24) is 0 Å². The van der Waals surface area contributed by atoms with Crippen LogP contribution in [0.1, 0.15) is 38.2 Å². The molecule has 0 aliphatic carbocycles. The highest BCUT2D eigenvalue weighted by Gasteiger charge is 2.16. The van der Waals surface area contributed by atoms with Gasteiger partial charge in [0.25, 0.3) is 0 Å². The smallest absolute Gasteiger partial charge is 0.126 e. The van der Waals surface area contributed by atoms with Crippen molar-refractivity contribution in [3.05, 3.63) is 29.6 Å². The molecular weight excluding hydrogens is 231 g/mol. The molecule has 1 aromatic carbocycles. The maximum Gasteiger partial charge on any atom is 0.126 e. The van der Waals surface area contributed by atoms with E-state index < -0.39 is 0 Å². The molecule has 1 aromatic rings. The van der Waals surface area contributed by atoms with Gasteiger partial charge in [0.05, 0.1) is 6.61 Å². The van der Waals surface area contributed by atoms with Crippen molar-refractivity contribution in [2.45, 2.75) is 32.6 Å². The Labute approximate surface area is 108 Å². The molecule has 2 nitrogen and oxygen atoms in total. The van der Waals surface area contributed by atoms with Gasteiger partial charge >= 0.3 is 0 Å². The van der Waals surface area contributed by atoms with Gasteiger partial charge in [-0.25, -0.2) is 4.39 Å². The minimum Gasteiger partial charge on any atom is -0.493 e. The van der Waals surface area contributed by atoms with Crippen LogP contribution in [0.25, 0.3) is 0 Å². The molecule has 0 unspecified atom stereocenters. The van der Waals surface area contributed by atoms with Crippen LogP contribution in [0.3, 0.4) is 0 Å². The topological polar surface area (TPSA) is 18.5 Å². The van der Waals surface area contributed by atoms with Gasteiger partial charge in [0.2, 0.25) is 0 Å². The lowest BCUT2D eigenvalue weighted by atomic mass is 10.0. The standard InChI is InChI=1S/C15H21FO2/c1-11(2)14-4-3-13(16)9-15(14)18-10-12-5-7-17-8-6-12/h3-4,9,11-12H,5-8,10H2,1-2H3. The Kier molecular flexibility index (Phi) is 4.59. The SMILES string of the molecule is CC(C)c1ccc(F)cc1OCC1CCOCC1. The van der Waals surface area contributed by atoms with Crippen molar-refractivity contribution in [3.8, 4) is 5.75 Å². The molecule has 2 rings (SSSR count). The maximum absolute atomic E-state index is 13.3. The Bertz CT molecular complexity index is 384. The van der Waals surface area contributed by atoms with Crippen LogP contribution in [0.15, 0.2) is 18.2 Å². The van der Waals surface area contributed by atoms with E-state index in [-0.39, 0.29) is 5.82 Å². The van der Waals surface area contributed by atoms with Crippen LogP contribution in [0.2, 0.25) is 0 Å². The van der Waals surface area contributed by atoms with Crippen LogP contribution >= 0.6 is 0 Å². The zero-order valence-electron chi connectivity index (χ0n) is 11.1. The van der Waals surface area contributed by atoms with Crippen molar-refractivity contribution in [1.29, 1.82) is 0 Å². The molecule has 18 heavy (non-hydrogen) atoms. The number of hydrogen-bond acceptors (Lipinski definition) is 2. The van der Waals surface area contributed by atoms with E-state index >= 15 is 0 Å². The van der Waals surface area contributed by atoms with E-state index in [0.29, 0.717) is 24.2 Å². The van der Waals surface area contributed by atoms with Gasteiger partial charge in [-0.15, -0.1) is 0 Å². The predicted molar refractivity (Wildman–Crippen MR) is 69.5 cm³/mol. The third-order valence-corrected chi connectivity index (χ3v) is 3.41. The molecule has 1 saturated heterocycles. The normalized spacial score (nSPS) is 17.1. The van der Waals surface area contributed by atoms with Gasteiger partial charge in [-0.05, 0) is 36.3 Å². The molecule has 0 amide bonds. The van der Waals surface area contributed by atoms with Crippen LogP contribution in [-0.2, 0) is 4.74 Å². The lowest BCUT2D eigenvalue weighted by molar-refractivity contribution is 0.0495. The van der Waals surface area contributed by atoms with E-state index in [2.05, 4.69) is 13.8 Å². The zero-order chi connectivity index (χ0) is 13.0. The molecule has 0 N–H and O–H groups in total. The first kappa shape index (κ1) is 13.3. The van der Waals surface area contributed by atoms with Gasteiger partial charge in [0.15, 0.2) is 0 Å². The minimum absolute atomic E-state index is 0.235. The number of hydrogen-bond donors (Lipinski definition) is 0. The second-order valence-electron chi connectivity index (χ2n) is 5.20. The fraction of sp³-hybridized carbons (Fsp3) is 0.600. The number of ether oxygens (including phenoxy) is 2. The summed E-state index contributed by atoms with van der Waals surface area (Å²) in [4.78, 5) is 0. The van der Waals surface area contributed by atoms with E-state index in [0.717, 1.165) is 31.6 Å². The lowest BCUT2D eigenvalue weighted by Gasteiger charge is -2.23. The third-order valence-electron chi connectivity index (χ3n) is 3.41. The van der Waals surface area contributed by atoms with Crippen molar-refractivity contribution in [2.75, 3.05) is 19.8 Å². The van der Waals surface area contributed by atoms with Crippen molar-refractivity contribution in [2.24, 2.45) is 5.92 Å². The first-order valence-corrected chi connectivity index (χ1v) is 6.67. The fourth-order valence-corrected chi connectivity index (χ4v) is 2.23. The summed E-state index contributed by atoms with van der Waals surface area (Å²) in [5, 5.41) is 0. The van der Waals surface area contributed by atoms with Crippen molar-refractivity contribution < 1.29 is 13.9 Å². The van der Waals surface area contributed by atoms with Gasteiger partial charge in [0, 0.05) is 19.3 Å². The van der Waals surface area contributed by atoms with Gasteiger partial charge in [0.1, 0.15) is 11.6 Å². The molecule has 0 atom stereocenters. The van der Waals surface area contributed by atoms with Crippen LogP contribution in [0, 0.1) is 11.7 Å². The van der Waals surface area contributed by atoms with E-state index in [4.69, 9.17) is 9.47 Å². The summed E-state index contributed by atoms with van der Waals surface area (Å²) in [6, 6.07) is 4.81. The van der Waals surface area contributed by atoms with Crippen molar-refractivity contribution in [3.63, 3.8) is 0 Å². The van der Waals surface area contributed by atoms with Crippen molar-refractivity contribution >= 4 is 0 Å². The molecule has 1 heterocycles. The summed E-state index contributed by atoms with van der Waals surface area (Å²) in [6.45, 7) is 6.47. The van der Waals surface area contributed by atoms with Crippen LogP contribution in [-0.4, -0.2) is 19.8 Å². The number of halogens is 1. The average molecular weight is 252 g/mol. The molecule has 1 aliphatic heterocycles. The third kappa shape index (κ3) is 3.45. The molecule has 0 saturated carbocycles. The van der Waals surface area contributed by atoms with Crippen LogP contribution in [0.4, 0.5) is 4.39 Å². The van der Waals surface area contributed by atoms with E-state index in [1.165, 1.54) is 12.1 Å². The summed E-state index contributed by atoms with van der Waals surface area (Å²) in [7, 11) is 0. The summed E-state index contributed by atoms with van der Waals surface area (Å²) in [6.07, 6.45) is 2.07. The second-order valence-corrected chi connectivity index (χ2v) is 5.20. The Morgan fingerprint density at radius 3 is 2.72 bits per heavy atom. The molecule has 0 bridgehead atoms. The highest BCUT2D eigenvalue weighted by Crippen LogP contribution is 2.28. The molecule has 100 valence electrons. The Balaban J connectivity index is 2.00. The quantitative estimate of drug-likeness (QED) is 0.812. The van der Waals surface area contributed by atoms with Crippen LogP contribution < -0.4 is 4.74 Å². The van der Waals surface area contributed by atoms with E-state index in [9.17, 15) is 4.39 Å². The minimum atomic E-state index is -0.235. The van der Waals surface area contributed by atoms with Gasteiger partial charge in [-0.1, -0.05) is 19.9 Å². The zero-order valence-corrected chi connectivity index (χ0v) is 11.1. The van der Waals surface area contributed by atoms with Crippen LogP contribution in [0.5, 0.6) is 5.75 Å². The first-order chi connectivity index (χ1) is 8.66. The molecule has 1 fully saturated rings. The van der Waals surface area contributed by atoms with E-state index in [1.54, 1.807) is 0 Å². The average Bonchev–Trinajstić information content (AvgIpc) is 2.37. The largest absolute Gasteiger partial charge is 0.493 e. The Morgan fingerprint density at radius 1 is 1.33 bits per heavy atom. The monoisotopic (exact) mass is 252 g/mol. The molecular formula is C15H21FO2. The second kappa shape index (κ2) is 6.19.